The Labute approximate surface area is 478 Å². The molecule has 0 radical (unpaired) electrons. The van der Waals surface area contributed by atoms with Crippen LogP contribution in [0.3, 0.4) is 0 Å². The number of oxime groups is 1. The first kappa shape index (κ1) is 66.3. The van der Waals surface area contributed by atoms with Gasteiger partial charge in [-0.25, -0.2) is 4.98 Å². The number of aromatic nitrogens is 2. The second-order valence-electron chi connectivity index (χ2n) is 24.5. The van der Waals surface area contributed by atoms with E-state index in [-0.39, 0.29) is 67.6 Å². The minimum absolute atomic E-state index is 0.0304. The summed E-state index contributed by atoms with van der Waals surface area (Å²) >= 11 is 0. The minimum atomic E-state index is -2.05. The highest BCUT2D eigenvalue weighted by atomic mass is 16.7. The standard InChI is InChI=1S/C58H95N5O18/c1-28(2)19-43(64)78-49-35(9)48(30(4)27-74-57-52(72-15)51(71-14)45(65)38(12)77-57)80-55(69)37(11)50(79-44-20-31(5)63(26-33(7)75-44)40-22-39(23-40)61-54(68)42-25-59-17-18-60-42)34(8)47(29(3)24-58(13,70)53(67)36(49)10)81-56-46(66)41(62-73-16)21-32(6)76-56/h17-18,25,28-40,44-52,56-57,65-66,70H,19-24,26-27H2,1-16H3,(H,61,68)/b62-41+/t29-,30-,31?,32+,33-,34+,35-,36+,37+,38+,39?,40?,44-,45+,46+,47-,48+,49+,50-,51+,52+,56-,57?,58-/m0/s1. The molecule has 0 bridgehead atoms. The van der Waals surface area contributed by atoms with E-state index in [9.17, 15) is 24.9 Å². The average molecular weight is 1150 g/mol. The fraction of sp³-hybridized carbons (Fsp3) is 0.845. The number of ether oxygens (including phenoxy) is 10. The molecule has 1 aromatic heterocycles. The molecule has 1 amide bonds. The monoisotopic (exact) mass is 1150 g/mol. The van der Waals surface area contributed by atoms with Gasteiger partial charge in [0.15, 0.2) is 24.7 Å². The third kappa shape index (κ3) is 16.5. The molecule has 5 heterocycles. The number of amides is 1. The average Bonchev–Trinajstić information content (AvgIpc) is 3.63. The van der Waals surface area contributed by atoms with Gasteiger partial charge in [0.2, 0.25) is 0 Å². The molecular formula is C58H95N5O18. The number of cyclic esters (lactones) is 1. The molecule has 2 unspecified atom stereocenters. The van der Waals surface area contributed by atoms with Gasteiger partial charge < -0.3 is 72.8 Å². The van der Waals surface area contributed by atoms with Crippen LogP contribution in [0.5, 0.6) is 0 Å². The highest BCUT2D eigenvalue weighted by Gasteiger charge is 2.52. The number of nitrogens with one attached hydrogen (secondary N) is 1. The number of Topliss-reactive ketones (excluding diaryl/α,β-unsaturated/α-hetero) is 1. The van der Waals surface area contributed by atoms with Gasteiger partial charge in [-0.2, -0.15) is 0 Å². The third-order valence-corrected chi connectivity index (χ3v) is 17.1. The Hall–Kier alpha value is -3.85. The zero-order valence-corrected chi connectivity index (χ0v) is 50.5. The van der Waals surface area contributed by atoms with Crippen LogP contribution in [0.4, 0.5) is 0 Å². The maximum Gasteiger partial charge on any atom is 0.311 e. The van der Waals surface area contributed by atoms with Gasteiger partial charge in [0.05, 0.1) is 60.9 Å². The number of methoxy groups -OCH3 is 2. The van der Waals surface area contributed by atoms with Crippen LogP contribution < -0.4 is 5.32 Å². The predicted octanol–water partition coefficient (Wildman–Crippen LogP) is 4.39. The van der Waals surface area contributed by atoms with Crippen molar-refractivity contribution in [2.24, 2.45) is 46.6 Å². The smallest absolute Gasteiger partial charge is 0.311 e. The minimum Gasteiger partial charge on any atom is -0.461 e. The number of ketones is 1. The molecule has 1 aliphatic carbocycles. The molecule has 1 aromatic rings. The summed E-state index contributed by atoms with van der Waals surface area (Å²) in [6.07, 6.45) is -6.79. The van der Waals surface area contributed by atoms with Crippen molar-refractivity contribution in [1.82, 2.24) is 20.2 Å². The number of carbonyl (C=O) groups excluding carboxylic acids is 4. The third-order valence-electron chi connectivity index (χ3n) is 17.1. The number of aliphatic hydroxyl groups is 3. The van der Waals surface area contributed by atoms with Crippen LogP contribution in [0.1, 0.15) is 139 Å². The van der Waals surface area contributed by atoms with Gasteiger partial charge in [0.25, 0.3) is 5.91 Å². The Balaban J connectivity index is 1.38. The largest absolute Gasteiger partial charge is 0.461 e. The highest BCUT2D eigenvalue weighted by Crippen LogP contribution is 2.40. The van der Waals surface area contributed by atoms with Gasteiger partial charge in [-0.15, -0.1) is 0 Å². The molecule has 6 rings (SSSR count). The lowest BCUT2D eigenvalue weighted by molar-refractivity contribution is -0.305. The van der Waals surface area contributed by atoms with Crippen LogP contribution in [0, 0.1) is 41.4 Å². The van der Waals surface area contributed by atoms with Crippen molar-refractivity contribution in [3.05, 3.63) is 24.3 Å². The van der Waals surface area contributed by atoms with Crippen LogP contribution >= 0.6 is 0 Å². The SMILES string of the molecule is CO/N=C1\C[C@@H](C)O[C@@H](O[C@@H]2[C@@H](C)[C@H](O[C@H]3CC(C)N(C4CC(NC(=O)c5cnccn5)C4)C[C@H](C)O3)[C@@H](C)C(=O)O[C@H]([C@@H](C)COC3O[C@H](C)[C@@H](O)[C@@H](OC)[C@H]3OC)[C@H](C)[C@@H](OC(=O)CC(C)C)[C@@H](C)C(=O)[C@@](C)(O)C[C@@H]2C)[C@@H]1O. The zero-order valence-electron chi connectivity index (χ0n) is 50.5. The second kappa shape index (κ2) is 29.3. The molecule has 4 N–H and O–H groups in total. The number of hydrogen-bond acceptors (Lipinski definition) is 22. The molecule has 4 aliphatic heterocycles. The van der Waals surface area contributed by atoms with E-state index in [1.165, 1.54) is 46.8 Å². The summed E-state index contributed by atoms with van der Waals surface area (Å²) < 4.78 is 63.9. The zero-order chi connectivity index (χ0) is 59.8. The first-order valence-electron chi connectivity index (χ1n) is 29.1. The molecule has 23 heteroatoms. The molecule has 81 heavy (non-hydrogen) atoms. The number of esters is 2. The maximum absolute atomic E-state index is 15.4. The lowest BCUT2D eigenvalue weighted by atomic mass is 9.74. The van der Waals surface area contributed by atoms with Crippen LogP contribution in [-0.4, -0.2) is 204 Å². The first-order valence-corrected chi connectivity index (χ1v) is 29.1. The van der Waals surface area contributed by atoms with Crippen molar-refractivity contribution >= 4 is 29.3 Å². The molecule has 23 nitrogen and oxygen atoms in total. The quantitative estimate of drug-likeness (QED) is 0.124. The van der Waals surface area contributed by atoms with Gasteiger partial charge in [-0.1, -0.05) is 53.6 Å². The predicted molar refractivity (Wildman–Crippen MR) is 293 cm³/mol. The summed E-state index contributed by atoms with van der Waals surface area (Å²) in [5, 5.41) is 42.3. The lowest BCUT2D eigenvalue weighted by Gasteiger charge is -2.45. The maximum atomic E-state index is 15.4. The summed E-state index contributed by atoms with van der Waals surface area (Å²) in [7, 11) is 4.29. The molecule has 22 atom stereocenters. The van der Waals surface area contributed by atoms with E-state index in [4.69, 9.17) is 52.2 Å². The van der Waals surface area contributed by atoms with E-state index in [0.29, 0.717) is 31.5 Å². The van der Waals surface area contributed by atoms with Gasteiger partial charge in [0.1, 0.15) is 55.0 Å². The van der Waals surface area contributed by atoms with E-state index in [1.807, 2.05) is 41.5 Å². The van der Waals surface area contributed by atoms with E-state index >= 15 is 9.59 Å². The molecule has 1 saturated carbocycles. The molecule has 5 fully saturated rings. The summed E-state index contributed by atoms with van der Waals surface area (Å²) in [6, 6.07) is -0.0148. The lowest BCUT2D eigenvalue weighted by Crippen LogP contribution is -2.59. The summed E-state index contributed by atoms with van der Waals surface area (Å²) in [6.45, 7) is 23.7. The van der Waals surface area contributed by atoms with Crippen molar-refractivity contribution < 1.29 is 86.7 Å². The van der Waals surface area contributed by atoms with Crippen molar-refractivity contribution in [2.45, 2.75) is 238 Å². The summed E-state index contributed by atoms with van der Waals surface area (Å²) in [4.78, 5) is 72.8. The molecule has 0 aromatic carbocycles. The normalized spacial score (nSPS) is 41.5. The molecule has 0 spiro atoms. The molecule has 4 saturated heterocycles. The van der Waals surface area contributed by atoms with Gasteiger partial charge >= 0.3 is 11.9 Å². The second-order valence-corrected chi connectivity index (χ2v) is 24.5. The Bertz CT molecular complexity index is 2220. The number of nitrogens with zero attached hydrogens (tertiary/aromatic N) is 4. The fourth-order valence-corrected chi connectivity index (χ4v) is 12.7. The van der Waals surface area contributed by atoms with Crippen LogP contribution in [0.15, 0.2) is 23.7 Å². The van der Waals surface area contributed by atoms with Crippen molar-refractivity contribution in [1.29, 1.82) is 0 Å². The highest BCUT2D eigenvalue weighted by molar-refractivity contribution is 5.92. The molecule has 5 aliphatic rings. The van der Waals surface area contributed by atoms with Gasteiger partial charge in [-0.3, -0.25) is 29.1 Å². The van der Waals surface area contributed by atoms with E-state index in [1.54, 1.807) is 34.6 Å². The van der Waals surface area contributed by atoms with Crippen LogP contribution in [0.25, 0.3) is 0 Å². The summed E-state index contributed by atoms with van der Waals surface area (Å²) in [5.74, 6) is -7.51. The van der Waals surface area contributed by atoms with Crippen LogP contribution in [-0.2, 0) is 66.6 Å². The first-order chi connectivity index (χ1) is 38.2. The number of carbonyl (C=O) groups is 4. The van der Waals surface area contributed by atoms with Gasteiger partial charge in [0, 0.05) is 88.3 Å². The molecule has 460 valence electrons. The van der Waals surface area contributed by atoms with Crippen molar-refractivity contribution in [3.8, 4) is 0 Å². The fourth-order valence-electron chi connectivity index (χ4n) is 12.7. The van der Waals surface area contributed by atoms with E-state index < -0.39 is 139 Å². The van der Waals surface area contributed by atoms with Crippen LogP contribution in [0.2, 0.25) is 0 Å². The number of rotatable bonds is 17. The number of hydrogen-bond donors (Lipinski definition) is 4. The summed E-state index contributed by atoms with van der Waals surface area (Å²) in [5.41, 5.74) is -1.51. The van der Waals surface area contributed by atoms with Gasteiger partial charge in [-0.05, 0) is 72.6 Å². The Morgan fingerprint density at radius 3 is 2.16 bits per heavy atom. The number of aliphatic hydroxyl groups excluding tert-OH is 2. The Kier molecular flexibility index (Phi) is 24.0. The Morgan fingerprint density at radius 1 is 0.840 bits per heavy atom. The van der Waals surface area contributed by atoms with Crippen molar-refractivity contribution in [3.63, 3.8) is 0 Å². The topological polar surface area (TPSA) is 284 Å². The van der Waals surface area contributed by atoms with E-state index in [0.717, 1.165) is 0 Å². The van der Waals surface area contributed by atoms with E-state index in [2.05, 4.69) is 32.3 Å². The van der Waals surface area contributed by atoms with Crippen molar-refractivity contribution in [2.75, 3.05) is 34.5 Å². The Morgan fingerprint density at radius 2 is 1.53 bits per heavy atom. The molecular weight excluding hydrogens is 1050 g/mol.